The second kappa shape index (κ2) is 6.07. The van der Waals surface area contributed by atoms with Gasteiger partial charge in [-0.1, -0.05) is 13.8 Å². The van der Waals surface area contributed by atoms with Gasteiger partial charge in [0.15, 0.2) is 0 Å². The van der Waals surface area contributed by atoms with Gasteiger partial charge in [0, 0.05) is 25.3 Å². The third-order valence-electron chi connectivity index (χ3n) is 2.72. The van der Waals surface area contributed by atoms with E-state index in [1.807, 2.05) is 13.8 Å². The van der Waals surface area contributed by atoms with Gasteiger partial charge in [0.2, 0.25) is 0 Å². The average Bonchev–Trinajstić information content (AvgIpc) is 2.23. The summed E-state index contributed by atoms with van der Waals surface area (Å²) in [5.41, 5.74) is 0.267. The molecule has 0 aromatic heterocycles. The van der Waals surface area contributed by atoms with Crippen molar-refractivity contribution in [3.8, 4) is 0 Å². The van der Waals surface area contributed by atoms with Crippen molar-refractivity contribution in [3.05, 3.63) is 35.4 Å². The predicted molar refractivity (Wildman–Crippen MR) is 63.5 cm³/mol. The molecule has 96 valence electrons. The van der Waals surface area contributed by atoms with E-state index in [1.54, 1.807) is 0 Å². The van der Waals surface area contributed by atoms with Crippen LogP contribution in [-0.4, -0.2) is 18.3 Å². The molecule has 1 aromatic rings. The number of rotatable bonds is 6. The summed E-state index contributed by atoms with van der Waals surface area (Å²) in [5, 5.41) is 11.9. The maximum Gasteiger partial charge on any atom is 0.127 e. The van der Waals surface area contributed by atoms with Crippen LogP contribution in [0.1, 0.15) is 25.8 Å². The highest BCUT2D eigenvalue weighted by Crippen LogP contribution is 2.18. The molecular formula is C13H19F2NO. The summed E-state index contributed by atoms with van der Waals surface area (Å²) in [6.07, 6.45) is 0.672. The number of aliphatic hydroxyl groups is 1. The molecular weight excluding hydrogens is 224 g/mol. The van der Waals surface area contributed by atoms with E-state index >= 15 is 0 Å². The van der Waals surface area contributed by atoms with E-state index < -0.39 is 11.6 Å². The van der Waals surface area contributed by atoms with E-state index in [1.165, 1.54) is 6.07 Å². The molecule has 4 heteroatoms. The molecule has 2 N–H and O–H groups in total. The molecule has 0 radical (unpaired) electrons. The quantitative estimate of drug-likeness (QED) is 0.804. The van der Waals surface area contributed by atoms with Crippen LogP contribution in [0.2, 0.25) is 0 Å². The fourth-order valence-corrected chi connectivity index (χ4v) is 1.61. The van der Waals surface area contributed by atoms with Crippen molar-refractivity contribution in [1.82, 2.24) is 5.32 Å². The zero-order chi connectivity index (χ0) is 12.9. The predicted octanol–water partition coefficient (Wildman–Crippen LogP) is 2.46. The minimum absolute atomic E-state index is 0.0570. The molecule has 0 aliphatic carbocycles. The van der Waals surface area contributed by atoms with E-state index in [9.17, 15) is 8.78 Å². The normalized spacial score (nSPS) is 11.8. The van der Waals surface area contributed by atoms with Crippen LogP contribution < -0.4 is 5.32 Å². The van der Waals surface area contributed by atoms with Crippen LogP contribution in [0.25, 0.3) is 0 Å². The Kier molecular flexibility index (Phi) is 5.02. The lowest BCUT2D eigenvalue weighted by atomic mass is 9.90. The van der Waals surface area contributed by atoms with Crippen molar-refractivity contribution in [1.29, 1.82) is 0 Å². The maximum atomic E-state index is 13.3. The Bertz CT molecular complexity index is 366. The van der Waals surface area contributed by atoms with Crippen molar-refractivity contribution < 1.29 is 13.9 Å². The highest BCUT2D eigenvalue weighted by atomic mass is 19.1. The number of hydrogen-bond acceptors (Lipinski definition) is 2. The van der Waals surface area contributed by atoms with Crippen molar-refractivity contribution in [2.45, 2.75) is 26.8 Å². The van der Waals surface area contributed by atoms with E-state index in [0.29, 0.717) is 25.1 Å². The third kappa shape index (κ3) is 4.79. The molecule has 0 fully saturated rings. The van der Waals surface area contributed by atoms with Gasteiger partial charge in [0.1, 0.15) is 11.6 Å². The van der Waals surface area contributed by atoms with Crippen LogP contribution in [0.15, 0.2) is 18.2 Å². The number of benzene rings is 1. The van der Waals surface area contributed by atoms with Gasteiger partial charge in [-0.05, 0) is 30.0 Å². The molecule has 2 nitrogen and oxygen atoms in total. The summed E-state index contributed by atoms with van der Waals surface area (Å²) in [6, 6.07) is 3.43. The molecule has 17 heavy (non-hydrogen) atoms. The number of aliphatic hydroxyl groups excluding tert-OH is 1. The first kappa shape index (κ1) is 14.1. The molecule has 0 bridgehead atoms. The van der Waals surface area contributed by atoms with Crippen LogP contribution in [0, 0.1) is 17.0 Å². The highest BCUT2D eigenvalue weighted by molar-refractivity contribution is 5.18. The molecule has 0 atom stereocenters. The Balaban J connectivity index is 2.48. The van der Waals surface area contributed by atoms with E-state index in [4.69, 9.17) is 5.11 Å². The van der Waals surface area contributed by atoms with Crippen molar-refractivity contribution in [2.75, 3.05) is 13.2 Å². The first-order chi connectivity index (χ1) is 7.94. The first-order valence-electron chi connectivity index (χ1n) is 5.70. The Morgan fingerprint density at radius 1 is 1.29 bits per heavy atom. The maximum absolute atomic E-state index is 13.3. The topological polar surface area (TPSA) is 32.3 Å². The van der Waals surface area contributed by atoms with Crippen molar-refractivity contribution in [3.63, 3.8) is 0 Å². The lowest BCUT2D eigenvalue weighted by molar-refractivity contribution is 0.207. The van der Waals surface area contributed by atoms with Crippen LogP contribution in [0.5, 0.6) is 0 Å². The molecule has 1 rings (SSSR count). The zero-order valence-electron chi connectivity index (χ0n) is 10.3. The SMILES string of the molecule is CC(C)(CCO)CNCc1cc(F)ccc1F. The first-order valence-corrected chi connectivity index (χ1v) is 5.70. The number of hydrogen-bond donors (Lipinski definition) is 2. The molecule has 0 aliphatic rings. The Morgan fingerprint density at radius 3 is 2.65 bits per heavy atom. The fourth-order valence-electron chi connectivity index (χ4n) is 1.61. The summed E-state index contributed by atoms with van der Waals surface area (Å²) >= 11 is 0. The second-order valence-electron chi connectivity index (χ2n) is 4.98. The van der Waals surface area contributed by atoms with Crippen molar-refractivity contribution in [2.24, 2.45) is 5.41 Å². The monoisotopic (exact) mass is 243 g/mol. The Hall–Kier alpha value is -1.00. The molecule has 1 aromatic carbocycles. The van der Waals surface area contributed by atoms with Crippen LogP contribution in [0.3, 0.4) is 0 Å². The average molecular weight is 243 g/mol. The summed E-state index contributed by atoms with van der Waals surface area (Å²) in [4.78, 5) is 0. The van der Waals surface area contributed by atoms with E-state index in [2.05, 4.69) is 5.32 Å². The van der Waals surface area contributed by atoms with Gasteiger partial charge >= 0.3 is 0 Å². The van der Waals surface area contributed by atoms with Gasteiger partial charge in [-0.3, -0.25) is 0 Å². The lowest BCUT2D eigenvalue weighted by Gasteiger charge is -2.24. The largest absolute Gasteiger partial charge is 0.396 e. The number of halogens is 2. The van der Waals surface area contributed by atoms with Crippen LogP contribution >= 0.6 is 0 Å². The van der Waals surface area contributed by atoms with Gasteiger partial charge in [-0.15, -0.1) is 0 Å². The van der Waals surface area contributed by atoms with Crippen LogP contribution in [0.4, 0.5) is 8.78 Å². The molecule has 0 aliphatic heterocycles. The van der Waals surface area contributed by atoms with Gasteiger partial charge < -0.3 is 10.4 Å². The lowest BCUT2D eigenvalue weighted by Crippen LogP contribution is -2.30. The third-order valence-corrected chi connectivity index (χ3v) is 2.72. The fraction of sp³-hybridized carbons (Fsp3) is 0.538. The standard InChI is InChI=1S/C13H19F2NO/c1-13(2,5-6-17)9-16-8-10-7-11(14)3-4-12(10)15/h3-4,7,16-17H,5-6,8-9H2,1-2H3. The van der Waals surface area contributed by atoms with Gasteiger partial charge in [0.05, 0.1) is 0 Å². The molecule has 0 saturated heterocycles. The molecule has 0 heterocycles. The molecule has 0 amide bonds. The Labute approximate surface area is 101 Å². The Morgan fingerprint density at radius 2 is 2.00 bits per heavy atom. The zero-order valence-corrected chi connectivity index (χ0v) is 10.3. The van der Waals surface area contributed by atoms with Gasteiger partial charge in [-0.2, -0.15) is 0 Å². The minimum atomic E-state index is -0.433. The second-order valence-corrected chi connectivity index (χ2v) is 4.98. The van der Waals surface area contributed by atoms with Gasteiger partial charge in [0.25, 0.3) is 0 Å². The smallest absolute Gasteiger partial charge is 0.127 e. The van der Waals surface area contributed by atoms with E-state index in [-0.39, 0.29) is 12.0 Å². The van der Waals surface area contributed by atoms with Gasteiger partial charge in [-0.25, -0.2) is 8.78 Å². The molecule has 0 spiro atoms. The summed E-state index contributed by atoms with van der Waals surface area (Å²) in [6.45, 7) is 5.08. The molecule has 0 unspecified atom stereocenters. The molecule has 0 saturated carbocycles. The van der Waals surface area contributed by atoms with Crippen LogP contribution in [-0.2, 0) is 6.54 Å². The minimum Gasteiger partial charge on any atom is -0.396 e. The summed E-state index contributed by atoms with van der Waals surface area (Å²) < 4.78 is 26.2. The highest BCUT2D eigenvalue weighted by Gasteiger charge is 2.16. The van der Waals surface area contributed by atoms with Crippen molar-refractivity contribution >= 4 is 0 Å². The summed E-state index contributed by atoms with van der Waals surface area (Å²) in [5.74, 6) is -0.836. The summed E-state index contributed by atoms with van der Waals surface area (Å²) in [7, 11) is 0. The number of nitrogens with one attached hydrogen (secondary N) is 1. The van der Waals surface area contributed by atoms with E-state index in [0.717, 1.165) is 12.1 Å².